The molecule has 0 heterocycles. The zero-order chi connectivity index (χ0) is 14.3. The molecule has 0 aromatic heterocycles. The summed E-state index contributed by atoms with van der Waals surface area (Å²) in [5, 5.41) is 12.0. The zero-order valence-corrected chi connectivity index (χ0v) is 12.1. The lowest BCUT2D eigenvalue weighted by Crippen LogP contribution is -2.46. The highest BCUT2D eigenvalue weighted by Gasteiger charge is 2.34. The van der Waals surface area contributed by atoms with Gasteiger partial charge in [-0.05, 0) is 32.1 Å². The Morgan fingerprint density at radius 3 is 2.21 bits per heavy atom. The highest BCUT2D eigenvalue weighted by molar-refractivity contribution is 5.74. The highest BCUT2D eigenvalue weighted by atomic mass is 16.4. The number of carboxylic acids is 1. The van der Waals surface area contributed by atoms with Crippen molar-refractivity contribution in [2.45, 2.75) is 52.4 Å². The molecule has 0 aromatic carbocycles. The molecule has 1 rings (SSSR count). The normalized spacial score (nSPS) is 17.8. The third kappa shape index (κ3) is 4.73. The summed E-state index contributed by atoms with van der Waals surface area (Å²) < 4.78 is 0. The van der Waals surface area contributed by atoms with Crippen molar-refractivity contribution in [1.29, 1.82) is 0 Å². The Hall–Kier alpha value is -1.26. The van der Waals surface area contributed by atoms with Crippen molar-refractivity contribution in [2.24, 2.45) is 5.41 Å². The number of carboxylic acid groups (broad SMARTS) is 1. The van der Waals surface area contributed by atoms with E-state index in [4.69, 9.17) is 5.11 Å². The van der Waals surface area contributed by atoms with Crippen LogP contribution in [0.15, 0.2) is 0 Å². The topological polar surface area (TPSA) is 69.6 Å². The molecule has 2 amide bonds. The lowest BCUT2D eigenvalue weighted by atomic mass is 9.72. The number of carbonyl (C=O) groups excluding carboxylic acids is 1. The van der Waals surface area contributed by atoms with Gasteiger partial charge in [0.25, 0.3) is 0 Å². The number of hydrogen-bond donors (Lipinski definition) is 2. The molecule has 5 nitrogen and oxygen atoms in total. The largest absolute Gasteiger partial charge is 0.481 e. The van der Waals surface area contributed by atoms with Crippen LogP contribution in [0.2, 0.25) is 0 Å². The molecule has 0 saturated heterocycles. The van der Waals surface area contributed by atoms with Crippen LogP contribution in [-0.4, -0.2) is 41.6 Å². The molecule has 0 aromatic rings. The van der Waals surface area contributed by atoms with Gasteiger partial charge in [-0.3, -0.25) is 4.79 Å². The summed E-state index contributed by atoms with van der Waals surface area (Å²) in [5.74, 6) is -0.765. The van der Waals surface area contributed by atoms with Gasteiger partial charge in [0.05, 0.1) is 6.42 Å². The maximum Gasteiger partial charge on any atom is 0.317 e. The van der Waals surface area contributed by atoms with E-state index in [2.05, 4.69) is 5.32 Å². The van der Waals surface area contributed by atoms with Crippen LogP contribution in [0.3, 0.4) is 0 Å². The van der Waals surface area contributed by atoms with Gasteiger partial charge < -0.3 is 15.3 Å². The molecule has 0 unspecified atom stereocenters. The lowest BCUT2D eigenvalue weighted by molar-refractivity contribution is -0.140. The van der Waals surface area contributed by atoms with Crippen molar-refractivity contribution in [3.05, 3.63) is 0 Å². The summed E-state index contributed by atoms with van der Waals surface area (Å²) in [6.45, 7) is 5.71. The average Bonchev–Trinajstić information content (AvgIpc) is 2.38. The Balaban J connectivity index is 2.57. The SMILES string of the molecule is CCN(CC)C(=O)NCC1(CC(=O)O)CCCCC1. The van der Waals surface area contributed by atoms with E-state index < -0.39 is 5.97 Å². The van der Waals surface area contributed by atoms with Gasteiger partial charge in [0.2, 0.25) is 0 Å². The van der Waals surface area contributed by atoms with Gasteiger partial charge in [-0.15, -0.1) is 0 Å². The first-order valence-electron chi connectivity index (χ1n) is 7.27. The fourth-order valence-electron chi connectivity index (χ4n) is 2.92. The Morgan fingerprint density at radius 2 is 1.74 bits per heavy atom. The number of rotatable bonds is 6. The number of hydrogen-bond acceptors (Lipinski definition) is 2. The summed E-state index contributed by atoms with van der Waals surface area (Å²) in [6.07, 6.45) is 5.26. The van der Waals surface area contributed by atoms with Gasteiger partial charge in [-0.1, -0.05) is 19.3 Å². The second kappa shape index (κ2) is 7.36. The summed E-state index contributed by atoms with van der Waals surface area (Å²) in [7, 11) is 0. The van der Waals surface area contributed by atoms with Crippen molar-refractivity contribution in [3.63, 3.8) is 0 Å². The Labute approximate surface area is 115 Å². The fourth-order valence-corrected chi connectivity index (χ4v) is 2.92. The first-order chi connectivity index (χ1) is 9.03. The molecule has 19 heavy (non-hydrogen) atoms. The number of nitrogens with zero attached hydrogens (tertiary/aromatic N) is 1. The molecular formula is C14H26N2O3. The maximum absolute atomic E-state index is 11.9. The minimum Gasteiger partial charge on any atom is -0.481 e. The molecule has 0 radical (unpaired) electrons. The molecule has 0 atom stereocenters. The minimum absolute atomic E-state index is 0.0830. The summed E-state index contributed by atoms with van der Waals surface area (Å²) in [6, 6.07) is -0.0830. The zero-order valence-electron chi connectivity index (χ0n) is 12.1. The second-order valence-corrected chi connectivity index (χ2v) is 5.46. The lowest BCUT2D eigenvalue weighted by Gasteiger charge is -2.36. The molecule has 0 aliphatic heterocycles. The number of nitrogens with one attached hydrogen (secondary N) is 1. The molecule has 2 N–H and O–H groups in total. The predicted molar refractivity (Wildman–Crippen MR) is 74.1 cm³/mol. The van der Waals surface area contributed by atoms with E-state index in [1.165, 1.54) is 6.42 Å². The molecule has 1 saturated carbocycles. The van der Waals surface area contributed by atoms with Crippen LogP contribution in [0.5, 0.6) is 0 Å². The van der Waals surface area contributed by atoms with Crippen LogP contribution >= 0.6 is 0 Å². The van der Waals surface area contributed by atoms with Gasteiger partial charge in [0, 0.05) is 19.6 Å². The highest BCUT2D eigenvalue weighted by Crippen LogP contribution is 2.38. The van der Waals surface area contributed by atoms with Gasteiger partial charge in [0.1, 0.15) is 0 Å². The number of urea groups is 1. The van der Waals surface area contributed by atoms with E-state index >= 15 is 0 Å². The van der Waals surface area contributed by atoms with Gasteiger partial charge in [-0.25, -0.2) is 4.79 Å². The quantitative estimate of drug-likeness (QED) is 0.779. The van der Waals surface area contributed by atoms with Gasteiger partial charge in [-0.2, -0.15) is 0 Å². The van der Waals surface area contributed by atoms with E-state index in [-0.39, 0.29) is 17.9 Å². The minimum atomic E-state index is -0.765. The fraction of sp³-hybridized carbons (Fsp3) is 0.857. The molecule has 1 aliphatic carbocycles. The molecule has 5 heteroatoms. The predicted octanol–water partition coefficient (Wildman–Crippen LogP) is 2.46. The van der Waals surface area contributed by atoms with E-state index in [1.807, 2.05) is 13.8 Å². The maximum atomic E-state index is 11.9. The van der Waals surface area contributed by atoms with Gasteiger partial charge in [0.15, 0.2) is 0 Å². The van der Waals surface area contributed by atoms with Gasteiger partial charge >= 0.3 is 12.0 Å². The van der Waals surface area contributed by atoms with E-state index in [9.17, 15) is 9.59 Å². The van der Waals surface area contributed by atoms with Crippen molar-refractivity contribution in [3.8, 4) is 0 Å². The Bertz CT molecular complexity index is 308. The van der Waals surface area contributed by atoms with Crippen LogP contribution in [0.25, 0.3) is 0 Å². The third-order valence-electron chi connectivity index (χ3n) is 4.11. The van der Waals surface area contributed by atoms with Crippen LogP contribution in [-0.2, 0) is 4.79 Å². The Kier molecular flexibility index (Phi) is 6.12. The monoisotopic (exact) mass is 270 g/mol. The molecule has 1 fully saturated rings. The van der Waals surface area contributed by atoms with Crippen molar-refractivity contribution in [2.75, 3.05) is 19.6 Å². The smallest absolute Gasteiger partial charge is 0.317 e. The first kappa shape index (κ1) is 15.8. The number of carbonyl (C=O) groups is 2. The van der Waals surface area contributed by atoms with Crippen LogP contribution in [0.4, 0.5) is 4.79 Å². The molecule has 0 bridgehead atoms. The number of aliphatic carboxylic acids is 1. The van der Waals surface area contributed by atoms with Crippen LogP contribution in [0.1, 0.15) is 52.4 Å². The molecular weight excluding hydrogens is 244 g/mol. The van der Waals surface area contributed by atoms with Crippen molar-refractivity contribution in [1.82, 2.24) is 10.2 Å². The van der Waals surface area contributed by atoms with E-state index in [0.717, 1.165) is 25.7 Å². The van der Waals surface area contributed by atoms with Crippen molar-refractivity contribution < 1.29 is 14.7 Å². The Morgan fingerprint density at radius 1 is 1.16 bits per heavy atom. The first-order valence-corrected chi connectivity index (χ1v) is 7.27. The second-order valence-electron chi connectivity index (χ2n) is 5.46. The van der Waals surface area contributed by atoms with E-state index in [1.54, 1.807) is 4.90 Å². The number of amides is 2. The standard InChI is InChI=1S/C14H26N2O3/c1-3-16(4-2)13(19)15-11-14(10-12(17)18)8-6-5-7-9-14/h3-11H2,1-2H3,(H,15,19)(H,17,18). The molecule has 110 valence electrons. The van der Waals surface area contributed by atoms with Crippen LogP contribution in [0, 0.1) is 5.41 Å². The van der Waals surface area contributed by atoms with Crippen molar-refractivity contribution >= 4 is 12.0 Å². The average molecular weight is 270 g/mol. The van der Waals surface area contributed by atoms with E-state index in [0.29, 0.717) is 19.6 Å². The summed E-state index contributed by atoms with van der Waals surface area (Å²) in [5.41, 5.74) is -0.243. The molecule has 0 spiro atoms. The van der Waals surface area contributed by atoms with Crippen LogP contribution < -0.4 is 5.32 Å². The molecule has 1 aliphatic rings. The summed E-state index contributed by atoms with van der Waals surface area (Å²) >= 11 is 0. The summed E-state index contributed by atoms with van der Waals surface area (Å²) in [4.78, 5) is 24.7. The third-order valence-corrected chi connectivity index (χ3v) is 4.11.